The van der Waals surface area contributed by atoms with Gasteiger partial charge in [0.1, 0.15) is 5.78 Å². The third kappa shape index (κ3) is 4.37. The van der Waals surface area contributed by atoms with E-state index in [1.807, 2.05) is 7.05 Å². The van der Waals surface area contributed by atoms with Crippen molar-refractivity contribution in [2.24, 2.45) is 0 Å². The molecule has 2 nitrogen and oxygen atoms in total. The van der Waals surface area contributed by atoms with Gasteiger partial charge in [0.15, 0.2) is 0 Å². The second kappa shape index (κ2) is 6.71. The minimum Gasteiger partial charge on any atom is -0.310 e. The molecule has 1 aromatic rings. The Morgan fingerprint density at radius 2 is 2.25 bits per heavy atom. The van der Waals surface area contributed by atoms with Gasteiger partial charge in [-0.3, -0.25) is 4.79 Å². The van der Waals surface area contributed by atoms with E-state index in [1.54, 1.807) is 18.7 Å². The lowest BCUT2D eigenvalue weighted by Crippen LogP contribution is -2.34. The first-order chi connectivity index (χ1) is 7.63. The fraction of sp³-hybridized carbons (Fsp3) is 0.462. The van der Waals surface area contributed by atoms with Crippen molar-refractivity contribution in [1.29, 1.82) is 0 Å². The molecule has 0 amide bonds. The van der Waals surface area contributed by atoms with Gasteiger partial charge in [-0.05, 0) is 26.5 Å². The lowest BCUT2D eigenvalue weighted by molar-refractivity contribution is -0.118. The van der Waals surface area contributed by atoms with Crippen LogP contribution in [0.15, 0.2) is 24.3 Å². The fourth-order valence-corrected chi connectivity index (χ4v) is 2.67. The highest BCUT2D eigenvalue weighted by atomic mass is 32.2. The number of rotatable bonds is 6. The summed E-state index contributed by atoms with van der Waals surface area (Å²) < 4.78 is 0. The number of Topliss-reactive ketones (excluding diaryl/α,β-unsaturated/α-hetero) is 1. The second-order valence-corrected chi connectivity index (χ2v) is 4.99. The number of hydrogen-bond donors (Lipinski definition) is 1. The van der Waals surface area contributed by atoms with E-state index in [9.17, 15) is 4.79 Å². The summed E-state index contributed by atoms with van der Waals surface area (Å²) in [6.45, 7) is 3.73. The molecule has 1 unspecified atom stereocenters. The van der Waals surface area contributed by atoms with Crippen LogP contribution in [0.4, 0.5) is 0 Å². The van der Waals surface area contributed by atoms with Gasteiger partial charge >= 0.3 is 0 Å². The zero-order valence-electron chi connectivity index (χ0n) is 10.1. The third-order valence-electron chi connectivity index (χ3n) is 2.47. The molecule has 0 fully saturated rings. The van der Waals surface area contributed by atoms with Crippen LogP contribution in [0, 0.1) is 6.92 Å². The Morgan fingerprint density at radius 3 is 2.81 bits per heavy atom. The Kier molecular flexibility index (Phi) is 5.56. The normalized spacial score (nSPS) is 12.4. The van der Waals surface area contributed by atoms with Gasteiger partial charge in [0, 0.05) is 11.5 Å². The van der Waals surface area contributed by atoms with Crippen LogP contribution in [0.3, 0.4) is 0 Å². The summed E-state index contributed by atoms with van der Waals surface area (Å²) >= 11 is 1.79. The maximum Gasteiger partial charge on any atom is 0.147 e. The lowest BCUT2D eigenvalue weighted by atomic mass is 10.2. The SMILES string of the molecule is CNC(CSCc1cccc(C)c1)C(C)=O. The number of hydrogen-bond acceptors (Lipinski definition) is 3. The standard InChI is InChI=1S/C13H19NOS/c1-10-5-4-6-12(7-10)8-16-9-13(14-3)11(2)15/h4-7,13-14H,8-9H2,1-3H3. The first-order valence-electron chi connectivity index (χ1n) is 5.44. The predicted octanol–water partition coefficient (Wildman–Crippen LogP) is 2.41. The zero-order valence-corrected chi connectivity index (χ0v) is 10.9. The molecular formula is C13H19NOS. The topological polar surface area (TPSA) is 29.1 Å². The molecule has 1 atom stereocenters. The summed E-state index contributed by atoms with van der Waals surface area (Å²) in [5.74, 6) is 2.01. The summed E-state index contributed by atoms with van der Waals surface area (Å²) in [5.41, 5.74) is 2.61. The Labute approximate surface area is 102 Å². The van der Waals surface area contributed by atoms with Gasteiger partial charge in [0.25, 0.3) is 0 Å². The number of carbonyl (C=O) groups is 1. The predicted molar refractivity (Wildman–Crippen MR) is 70.9 cm³/mol. The number of aryl methyl sites for hydroxylation is 1. The molecule has 1 aromatic carbocycles. The van der Waals surface area contributed by atoms with Crippen LogP contribution in [0.5, 0.6) is 0 Å². The van der Waals surface area contributed by atoms with Crippen molar-refractivity contribution in [3.8, 4) is 0 Å². The van der Waals surface area contributed by atoms with Crippen LogP contribution in [0.1, 0.15) is 18.1 Å². The lowest BCUT2D eigenvalue weighted by Gasteiger charge is -2.11. The number of carbonyl (C=O) groups excluding carboxylic acids is 1. The molecule has 1 N–H and O–H groups in total. The van der Waals surface area contributed by atoms with E-state index in [-0.39, 0.29) is 11.8 Å². The van der Waals surface area contributed by atoms with E-state index in [1.165, 1.54) is 11.1 Å². The summed E-state index contributed by atoms with van der Waals surface area (Å²) in [4.78, 5) is 11.2. The molecule has 1 rings (SSSR count). The van der Waals surface area contributed by atoms with E-state index < -0.39 is 0 Å². The van der Waals surface area contributed by atoms with Crippen LogP contribution >= 0.6 is 11.8 Å². The smallest absolute Gasteiger partial charge is 0.147 e. The molecule has 0 heterocycles. The van der Waals surface area contributed by atoms with Crippen molar-refractivity contribution >= 4 is 17.5 Å². The van der Waals surface area contributed by atoms with Gasteiger partial charge in [-0.25, -0.2) is 0 Å². The van der Waals surface area contributed by atoms with E-state index in [2.05, 4.69) is 36.5 Å². The number of benzene rings is 1. The largest absolute Gasteiger partial charge is 0.310 e. The number of nitrogens with one attached hydrogen (secondary N) is 1. The highest BCUT2D eigenvalue weighted by Crippen LogP contribution is 2.14. The van der Waals surface area contributed by atoms with Crippen molar-refractivity contribution in [3.63, 3.8) is 0 Å². The van der Waals surface area contributed by atoms with Crippen molar-refractivity contribution in [1.82, 2.24) is 5.32 Å². The van der Waals surface area contributed by atoms with Crippen molar-refractivity contribution in [2.45, 2.75) is 25.6 Å². The third-order valence-corrected chi connectivity index (χ3v) is 3.58. The first-order valence-corrected chi connectivity index (χ1v) is 6.60. The molecule has 16 heavy (non-hydrogen) atoms. The molecule has 0 radical (unpaired) electrons. The summed E-state index contributed by atoms with van der Waals surface area (Å²) in [6.07, 6.45) is 0. The quantitative estimate of drug-likeness (QED) is 0.824. The molecule has 0 aliphatic rings. The minimum absolute atomic E-state index is 0.0187. The van der Waals surface area contributed by atoms with Crippen molar-refractivity contribution < 1.29 is 4.79 Å². The summed E-state index contributed by atoms with van der Waals surface area (Å²) in [7, 11) is 1.83. The monoisotopic (exact) mass is 237 g/mol. The second-order valence-electron chi connectivity index (χ2n) is 3.96. The van der Waals surface area contributed by atoms with Gasteiger partial charge in [-0.2, -0.15) is 11.8 Å². The number of ketones is 1. The van der Waals surface area contributed by atoms with Gasteiger partial charge in [-0.15, -0.1) is 0 Å². The van der Waals surface area contributed by atoms with E-state index in [0.717, 1.165) is 11.5 Å². The average molecular weight is 237 g/mol. The molecule has 0 bridgehead atoms. The van der Waals surface area contributed by atoms with Crippen LogP contribution in [-0.4, -0.2) is 24.6 Å². The van der Waals surface area contributed by atoms with Gasteiger partial charge < -0.3 is 5.32 Å². The Balaban J connectivity index is 2.38. The van der Waals surface area contributed by atoms with Crippen molar-refractivity contribution in [3.05, 3.63) is 35.4 Å². The molecule has 0 saturated heterocycles. The fourth-order valence-electron chi connectivity index (χ4n) is 1.50. The number of thioether (sulfide) groups is 1. The molecule has 88 valence electrons. The molecule has 0 saturated carbocycles. The molecular weight excluding hydrogens is 218 g/mol. The molecule has 0 spiro atoms. The number of likely N-dealkylation sites (N-methyl/N-ethyl adjacent to an activating group) is 1. The Bertz CT molecular complexity index is 352. The highest BCUT2D eigenvalue weighted by molar-refractivity contribution is 7.98. The van der Waals surface area contributed by atoms with Crippen LogP contribution in [0.2, 0.25) is 0 Å². The first kappa shape index (κ1) is 13.3. The zero-order chi connectivity index (χ0) is 12.0. The van der Waals surface area contributed by atoms with Crippen molar-refractivity contribution in [2.75, 3.05) is 12.8 Å². The van der Waals surface area contributed by atoms with E-state index >= 15 is 0 Å². The van der Waals surface area contributed by atoms with Crippen LogP contribution in [-0.2, 0) is 10.5 Å². The molecule has 0 aliphatic heterocycles. The Morgan fingerprint density at radius 1 is 1.50 bits per heavy atom. The van der Waals surface area contributed by atoms with Crippen LogP contribution < -0.4 is 5.32 Å². The van der Waals surface area contributed by atoms with Crippen LogP contribution in [0.25, 0.3) is 0 Å². The maximum absolute atomic E-state index is 11.2. The maximum atomic E-state index is 11.2. The summed E-state index contributed by atoms with van der Waals surface area (Å²) in [5, 5.41) is 3.03. The highest BCUT2D eigenvalue weighted by Gasteiger charge is 2.10. The van der Waals surface area contributed by atoms with Gasteiger partial charge in [0.05, 0.1) is 6.04 Å². The molecule has 0 aromatic heterocycles. The average Bonchev–Trinajstić information content (AvgIpc) is 2.24. The minimum atomic E-state index is -0.0187. The summed E-state index contributed by atoms with van der Waals surface area (Å²) in [6, 6.07) is 8.47. The van der Waals surface area contributed by atoms with E-state index in [4.69, 9.17) is 0 Å². The Hall–Kier alpha value is -0.800. The van der Waals surface area contributed by atoms with Gasteiger partial charge in [0.2, 0.25) is 0 Å². The molecule has 3 heteroatoms. The molecule has 0 aliphatic carbocycles. The van der Waals surface area contributed by atoms with Gasteiger partial charge in [-0.1, -0.05) is 29.8 Å². The van der Waals surface area contributed by atoms with E-state index in [0.29, 0.717) is 0 Å².